The molecule has 0 radical (unpaired) electrons. The average Bonchev–Trinajstić information content (AvgIpc) is 2.15. The molecular weight excluding hydrogens is 120 g/mol. The third-order valence-corrected chi connectivity index (χ3v) is 1.27. The molecule has 0 unspecified atom stereocenters. The summed E-state index contributed by atoms with van der Waals surface area (Å²) in [6, 6.07) is 0. The Labute approximate surface area is 52.6 Å². The van der Waals surface area contributed by atoms with Crippen LogP contribution in [-0.4, -0.2) is 23.3 Å². The summed E-state index contributed by atoms with van der Waals surface area (Å²) in [7, 11) is 0. The van der Waals surface area contributed by atoms with Crippen molar-refractivity contribution in [2.24, 2.45) is 0 Å². The van der Waals surface area contributed by atoms with Crippen LogP contribution >= 0.6 is 0 Å². The highest BCUT2D eigenvalue weighted by atomic mass is 16.6. The molecule has 1 N–H and O–H groups in total. The second-order valence-electron chi connectivity index (χ2n) is 1.89. The Hall–Kier alpha value is -1.01. The smallest absolute Gasteiger partial charge is 0.351 e. The van der Waals surface area contributed by atoms with Gasteiger partial charge in [0.1, 0.15) is 0 Å². The molecule has 48 valence electrons. The second kappa shape index (κ2) is 1.74. The molecule has 1 saturated heterocycles. The van der Waals surface area contributed by atoms with E-state index in [2.05, 4.69) is 4.74 Å². The summed E-state index contributed by atoms with van der Waals surface area (Å²) < 4.78 is 4.43. The lowest BCUT2D eigenvalue weighted by molar-refractivity contribution is -0.148. The van der Waals surface area contributed by atoms with Crippen molar-refractivity contribution in [2.45, 2.75) is 12.0 Å². The van der Waals surface area contributed by atoms with Crippen LogP contribution in [0.5, 0.6) is 0 Å². The Morgan fingerprint density at radius 3 is 2.78 bits per heavy atom. The first-order valence-corrected chi connectivity index (χ1v) is 2.56. The second-order valence-corrected chi connectivity index (χ2v) is 1.89. The molecule has 1 rings (SSSR count). The number of rotatable bonds is 0. The highest BCUT2D eigenvalue weighted by Crippen LogP contribution is 2.17. The maximum atomic E-state index is 10.5. The van der Waals surface area contributed by atoms with E-state index in [0.717, 1.165) is 0 Å². The zero-order chi connectivity index (χ0) is 6.91. The Morgan fingerprint density at radius 1 is 1.89 bits per heavy atom. The molecule has 0 saturated carbocycles. The third-order valence-electron chi connectivity index (χ3n) is 1.27. The number of ether oxygens (including phenoxy) is 1. The van der Waals surface area contributed by atoms with Gasteiger partial charge < -0.3 is 9.84 Å². The number of hydrogen-bond donors (Lipinski definition) is 1. The normalized spacial score (nSPS) is 33.6. The first-order chi connectivity index (χ1) is 4.19. The van der Waals surface area contributed by atoms with Crippen molar-refractivity contribution < 1.29 is 14.6 Å². The third kappa shape index (κ3) is 0.775. The molecule has 0 aromatic rings. The Bertz CT molecular complexity index is 179. The van der Waals surface area contributed by atoms with Crippen molar-refractivity contribution in [3.05, 3.63) is 0 Å². The Morgan fingerprint density at radius 2 is 2.56 bits per heavy atom. The van der Waals surface area contributed by atoms with E-state index in [1.54, 1.807) is 0 Å². The molecule has 1 aliphatic rings. The molecule has 0 amide bonds. The molecule has 1 heterocycles. The molecule has 0 aliphatic carbocycles. The molecule has 0 aromatic carbocycles. The topological polar surface area (TPSA) is 46.5 Å². The van der Waals surface area contributed by atoms with E-state index in [0.29, 0.717) is 0 Å². The van der Waals surface area contributed by atoms with Crippen LogP contribution in [0.2, 0.25) is 0 Å². The lowest BCUT2D eigenvalue weighted by atomic mass is 10.1. The van der Waals surface area contributed by atoms with Crippen molar-refractivity contribution in [2.75, 3.05) is 6.61 Å². The molecule has 1 fully saturated rings. The zero-order valence-corrected chi connectivity index (χ0v) is 4.76. The highest BCUT2D eigenvalue weighted by Gasteiger charge is 2.40. The molecular formula is C6H6O3. The zero-order valence-electron chi connectivity index (χ0n) is 4.76. The lowest BCUT2D eigenvalue weighted by Crippen LogP contribution is -2.31. The minimum Gasteiger partial charge on any atom is -0.463 e. The van der Waals surface area contributed by atoms with Crippen LogP contribution in [0.15, 0.2) is 0 Å². The van der Waals surface area contributed by atoms with Crippen LogP contribution < -0.4 is 0 Å². The number of esters is 1. The maximum Gasteiger partial charge on any atom is 0.351 e. The SMILES string of the molecule is C#C[C@@]1(O)CCOC1=O. The van der Waals surface area contributed by atoms with Gasteiger partial charge in [-0.2, -0.15) is 0 Å². The van der Waals surface area contributed by atoms with E-state index in [4.69, 9.17) is 11.5 Å². The first-order valence-electron chi connectivity index (χ1n) is 2.56. The molecule has 3 nitrogen and oxygen atoms in total. The van der Waals surface area contributed by atoms with Gasteiger partial charge in [0.25, 0.3) is 0 Å². The Kier molecular flexibility index (Phi) is 1.19. The van der Waals surface area contributed by atoms with Crippen LogP contribution in [-0.2, 0) is 9.53 Å². The summed E-state index contributed by atoms with van der Waals surface area (Å²) in [4.78, 5) is 10.5. The minimum atomic E-state index is -1.64. The Balaban J connectivity index is 2.82. The summed E-state index contributed by atoms with van der Waals surface area (Å²) in [5, 5.41) is 9.06. The van der Waals surface area contributed by atoms with Gasteiger partial charge in [0, 0.05) is 6.42 Å². The number of carbonyl (C=O) groups is 1. The predicted molar refractivity (Wildman–Crippen MR) is 29.4 cm³/mol. The monoisotopic (exact) mass is 126 g/mol. The lowest BCUT2D eigenvalue weighted by Gasteiger charge is -2.06. The van der Waals surface area contributed by atoms with Gasteiger partial charge in [-0.25, -0.2) is 4.79 Å². The maximum absolute atomic E-state index is 10.5. The van der Waals surface area contributed by atoms with Gasteiger partial charge in [-0.15, -0.1) is 6.42 Å². The van der Waals surface area contributed by atoms with Crippen molar-refractivity contribution in [3.8, 4) is 12.3 Å². The molecule has 0 spiro atoms. The van der Waals surface area contributed by atoms with Gasteiger partial charge in [0.15, 0.2) is 0 Å². The largest absolute Gasteiger partial charge is 0.463 e. The number of aliphatic hydroxyl groups is 1. The summed E-state index contributed by atoms with van der Waals surface area (Å²) in [5.74, 6) is 1.27. The van der Waals surface area contributed by atoms with Crippen LogP contribution in [0, 0.1) is 12.3 Å². The number of hydrogen-bond acceptors (Lipinski definition) is 3. The van der Waals surface area contributed by atoms with Gasteiger partial charge >= 0.3 is 5.97 Å². The van der Waals surface area contributed by atoms with Crippen molar-refractivity contribution in [1.29, 1.82) is 0 Å². The van der Waals surface area contributed by atoms with Crippen LogP contribution in [0.3, 0.4) is 0 Å². The summed E-state index contributed by atoms with van der Waals surface area (Å²) in [6.07, 6.45) is 5.07. The summed E-state index contributed by atoms with van der Waals surface area (Å²) >= 11 is 0. The molecule has 0 aromatic heterocycles. The van der Waals surface area contributed by atoms with E-state index in [9.17, 15) is 4.79 Å². The molecule has 3 heteroatoms. The van der Waals surface area contributed by atoms with Crippen molar-refractivity contribution in [3.63, 3.8) is 0 Å². The molecule has 1 aliphatic heterocycles. The number of carbonyl (C=O) groups excluding carboxylic acids is 1. The van der Waals surface area contributed by atoms with Gasteiger partial charge in [-0.05, 0) is 0 Å². The van der Waals surface area contributed by atoms with Gasteiger partial charge in [-0.1, -0.05) is 5.92 Å². The minimum absolute atomic E-state index is 0.211. The van der Waals surface area contributed by atoms with E-state index < -0.39 is 11.6 Å². The van der Waals surface area contributed by atoms with Crippen LogP contribution in [0.4, 0.5) is 0 Å². The number of terminal acetylenes is 1. The first kappa shape index (κ1) is 6.12. The standard InChI is InChI=1S/C6H6O3/c1-2-6(8)3-4-9-5(6)7/h1,8H,3-4H2/t6-/m1/s1. The van der Waals surface area contributed by atoms with E-state index in [1.165, 1.54) is 0 Å². The summed E-state index contributed by atoms with van der Waals surface area (Å²) in [5.41, 5.74) is -1.64. The van der Waals surface area contributed by atoms with Gasteiger partial charge in [-0.3, -0.25) is 0 Å². The molecule has 9 heavy (non-hydrogen) atoms. The van der Waals surface area contributed by atoms with Gasteiger partial charge in [0.2, 0.25) is 5.60 Å². The van der Waals surface area contributed by atoms with E-state index >= 15 is 0 Å². The average molecular weight is 126 g/mol. The van der Waals surface area contributed by atoms with Crippen molar-refractivity contribution in [1.82, 2.24) is 0 Å². The van der Waals surface area contributed by atoms with E-state index in [1.807, 2.05) is 5.92 Å². The van der Waals surface area contributed by atoms with Gasteiger partial charge in [0.05, 0.1) is 6.61 Å². The fourth-order valence-corrected chi connectivity index (χ4v) is 0.644. The fraction of sp³-hybridized carbons (Fsp3) is 0.500. The summed E-state index contributed by atoms with van der Waals surface area (Å²) in [6.45, 7) is 0.222. The quantitative estimate of drug-likeness (QED) is 0.345. The molecule has 0 bridgehead atoms. The highest BCUT2D eigenvalue weighted by molar-refractivity contribution is 5.84. The molecule has 1 atom stereocenters. The fourth-order valence-electron chi connectivity index (χ4n) is 0.644. The van der Waals surface area contributed by atoms with Crippen LogP contribution in [0.25, 0.3) is 0 Å². The predicted octanol–water partition coefficient (Wildman–Crippen LogP) is -0.702. The van der Waals surface area contributed by atoms with Crippen molar-refractivity contribution >= 4 is 5.97 Å². The number of cyclic esters (lactones) is 1. The van der Waals surface area contributed by atoms with Crippen LogP contribution in [0.1, 0.15) is 6.42 Å². The van der Waals surface area contributed by atoms with E-state index in [-0.39, 0.29) is 13.0 Å².